The molecule has 0 saturated carbocycles. The summed E-state index contributed by atoms with van der Waals surface area (Å²) in [5, 5.41) is 7.03. The number of alkyl halides is 2. The van der Waals surface area contributed by atoms with Crippen LogP contribution in [0.15, 0.2) is 24.5 Å². The zero-order valence-electron chi connectivity index (χ0n) is 11.6. The fraction of sp³-hybridized carbons (Fsp3) is 0.385. The molecule has 0 aliphatic rings. The van der Waals surface area contributed by atoms with Gasteiger partial charge in [-0.2, -0.15) is 13.9 Å². The maximum Gasteiger partial charge on any atom is 0.387 e. The number of nitrogens with zero attached hydrogens (tertiary/aromatic N) is 3. The second-order valence-electron chi connectivity index (χ2n) is 4.46. The van der Waals surface area contributed by atoms with Crippen molar-refractivity contribution in [2.75, 3.05) is 0 Å². The summed E-state index contributed by atoms with van der Waals surface area (Å²) in [6.45, 7) is -0.845. The van der Waals surface area contributed by atoms with E-state index >= 15 is 0 Å². The predicted octanol–water partition coefficient (Wildman–Crippen LogP) is 2.41. The molecule has 0 radical (unpaired) electrons. The van der Waals surface area contributed by atoms with Crippen molar-refractivity contribution in [1.82, 2.24) is 20.1 Å². The van der Waals surface area contributed by atoms with Gasteiger partial charge in [0, 0.05) is 24.7 Å². The lowest BCUT2D eigenvalue weighted by atomic mass is 10.1. The molecule has 5 nitrogen and oxygen atoms in total. The van der Waals surface area contributed by atoms with Gasteiger partial charge in [0.25, 0.3) is 0 Å². The molecule has 0 spiro atoms. The van der Waals surface area contributed by atoms with Gasteiger partial charge in [0.15, 0.2) is 0 Å². The van der Waals surface area contributed by atoms with E-state index in [0.717, 1.165) is 6.07 Å². The van der Waals surface area contributed by atoms with Crippen LogP contribution in [0.4, 0.5) is 13.2 Å². The third-order valence-corrected chi connectivity index (χ3v) is 3.03. The van der Waals surface area contributed by atoms with Gasteiger partial charge < -0.3 is 10.1 Å². The quantitative estimate of drug-likeness (QED) is 0.890. The summed E-state index contributed by atoms with van der Waals surface area (Å²) in [6.07, 6.45) is 1.42. The summed E-state index contributed by atoms with van der Waals surface area (Å²) in [5.74, 6) is -0.113. The zero-order valence-corrected chi connectivity index (χ0v) is 11.6. The lowest BCUT2D eigenvalue weighted by Crippen LogP contribution is -2.21. The molecule has 0 aliphatic carbocycles. The van der Waals surface area contributed by atoms with Crippen molar-refractivity contribution in [3.63, 3.8) is 0 Å². The van der Waals surface area contributed by atoms with Gasteiger partial charge in [-0.15, -0.1) is 0 Å². The largest absolute Gasteiger partial charge is 0.434 e. The molecule has 0 unspecified atom stereocenters. The lowest BCUT2D eigenvalue weighted by Gasteiger charge is -2.18. The normalized spacial score (nSPS) is 12.7. The Kier molecular flexibility index (Phi) is 4.79. The van der Waals surface area contributed by atoms with Gasteiger partial charge in [-0.25, -0.2) is 9.37 Å². The van der Waals surface area contributed by atoms with E-state index in [0.29, 0.717) is 17.9 Å². The van der Waals surface area contributed by atoms with E-state index in [9.17, 15) is 13.2 Å². The topological polar surface area (TPSA) is 52.0 Å². The van der Waals surface area contributed by atoms with Crippen LogP contribution in [0.1, 0.15) is 24.4 Å². The molecule has 8 heteroatoms. The van der Waals surface area contributed by atoms with E-state index in [1.807, 2.05) is 0 Å². The van der Waals surface area contributed by atoms with Crippen molar-refractivity contribution in [2.24, 2.45) is 7.05 Å². The van der Waals surface area contributed by atoms with Crippen LogP contribution in [-0.2, 0) is 13.6 Å². The molecule has 0 saturated heterocycles. The number of ether oxygens (including phenoxy) is 1. The SMILES string of the molecule is C[C@H](NCc1ncnn1C)c1ccc(F)cc1OC(F)F. The van der Waals surface area contributed by atoms with Crippen molar-refractivity contribution in [3.8, 4) is 5.75 Å². The summed E-state index contributed by atoms with van der Waals surface area (Å²) in [6, 6.07) is 3.24. The summed E-state index contributed by atoms with van der Waals surface area (Å²) in [7, 11) is 1.75. The highest BCUT2D eigenvalue weighted by molar-refractivity contribution is 5.36. The highest BCUT2D eigenvalue weighted by Gasteiger charge is 2.16. The van der Waals surface area contributed by atoms with Crippen LogP contribution in [-0.4, -0.2) is 21.4 Å². The second kappa shape index (κ2) is 6.57. The highest BCUT2D eigenvalue weighted by Crippen LogP contribution is 2.27. The molecule has 21 heavy (non-hydrogen) atoms. The van der Waals surface area contributed by atoms with Crippen LogP contribution < -0.4 is 10.1 Å². The molecule has 0 fully saturated rings. The van der Waals surface area contributed by atoms with Gasteiger partial charge in [-0.05, 0) is 13.0 Å². The van der Waals surface area contributed by atoms with E-state index < -0.39 is 12.4 Å². The third-order valence-electron chi connectivity index (χ3n) is 3.03. The molecule has 114 valence electrons. The van der Waals surface area contributed by atoms with E-state index in [-0.39, 0.29) is 11.8 Å². The third kappa shape index (κ3) is 3.94. The Morgan fingerprint density at radius 1 is 1.38 bits per heavy atom. The van der Waals surface area contributed by atoms with E-state index in [4.69, 9.17) is 0 Å². The summed E-state index contributed by atoms with van der Waals surface area (Å²) in [4.78, 5) is 4.04. The van der Waals surface area contributed by atoms with E-state index in [2.05, 4.69) is 20.1 Å². The van der Waals surface area contributed by atoms with Crippen LogP contribution in [0, 0.1) is 5.82 Å². The Bertz CT molecular complexity index is 603. The van der Waals surface area contributed by atoms with Crippen molar-refractivity contribution in [2.45, 2.75) is 26.1 Å². The Labute approximate surface area is 119 Å². The van der Waals surface area contributed by atoms with Gasteiger partial charge in [-0.1, -0.05) is 6.07 Å². The molecule has 1 N–H and O–H groups in total. The van der Waals surface area contributed by atoms with Crippen LogP contribution in [0.5, 0.6) is 5.75 Å². The summed E-state index contributed by atoms with van der Waals surface area (Å²) < 4.78 is 43.9. The van der Waals surface area contributed by atoms with Gasteiger partial charge >= 0.3 is 6.61 Å². The Morgan fingerprint density at radius 3 is 2.76 bits per heavy atom. The first-order valence-corrected chi connectivity index (χ1v) is 6.28. The molecule has 0 amide bonds. The van der Waals surface area contributed by atoms with Gasteiger partial charge in [0.2, 0.25) is 0 Å². The molecule has 2 rings (SSSR count). The number of hydrogen-bond acceptors (Lipinski definition) is 4. The van der Waals surface area contributed by atoms with Crippen LogP contribution in [0.2, 0.25) is 0 Å². The molecule has 1 atom stereocenters. The Hall–Kier alpha value is -2.09. The lowest BCUT2D eigenvalue weighted by molar-refractivity contribution is -0.0508. The first-order valence-electron chi connectivity index (χ1n) is 6.28. The van der Waals surface area contributed by atoms with Gasteiger partial charge in [0.05, 0.1) is 6.54 Å². The second-order valence-corrected chi connectivity index (χ2v) is 4.46. The van der Waals surface area contributed by atoms with Crippen LogP contribution >= 0.6 is 0 Å². The average molecular weight is 300 g/mol. The monoisotopic (exact) mass is 300 g/mol. The minimum absolute atomic E-state index is 0.178. The maximum atomic E-state index is 13.2. The molecule has 2 aromatic rings. The van der Waals surface area contributed by atoms with Gasteiger partial charge in [0.1, 0.15) is 23.7 Å². The molecule has 1 aromatic carbocycles. The standard InChI is InChI=1S/C13H15F3N4O/c1-8(17-6-12-18-7-19-20(12)2)10-4-3-9(14)5-11(10)21-13(15)16/h3-5,7-8,13,17H,6H2,1-2H3/t8-/m0/s1. The molecule has 0 bridgehead atoms. The minimum Gasteiger partial charge on any atom is -0.434 e. The Balaban J connectivity index is 2.11. The smallest absolute Gasteiger partial charge is 0.387 e. The molecular formula is C13H15F3N4O. The predicted molar refractivity (Wildman–Crippen MR) is 69.3 cm³/mol. The first kappa shape index (κ1) is 15.3. The minimum atomic E-state index is -3.00. The summed E-state index contributed by atoms with van der Waals surface area (Å²) in [5.41, 5.74) is 0.443. The maximum absolute atomic E-state index is 13.2. The van der Waals surface area contributed by atoms with Crippen LogP contribution in [0.25, 0.3) is 0 Å². The number of aryl methyl sites for hydroxylation is 1. The van der Waals surface area contributed by atoms with Crippen molar-refractivity contribution < 1.29 is 17.9 Å². The zero-order chi connectivity index (χ0) is 15.4. The van der Waals surface area contributed by atoms with Crippen molar-refractivity contribution in [1.29, 1.82) is 0 Å². The number of hydrogen-bond donors (Lipinski definition) is 1. The van der Waals surface area contributed by atoms with Crippen LogP contribution in [0.3, 0.4) is 0 Å². The molecule has 1 aromatic heterocycles. The number of aromatic nitrogens is 3. The van der Waals surface area contributed by atoms with E-state index in [1.165, 1.54) is 18.5 Å². The van der Waals surface area contributed by atoms with Crippen molar-refractivity contribution >= 4 is 0 Å². The van der Waals surface area contributed by atoms with Crippen molar-refractivity contribution in [3.05, 3.63) is 41.7 Å². The Morgan fingerprint density at radius 2 is 2.14 bits per heavy atom. The molecular weight excluding hydrogens is 285 g/mol. The van der Waals surface area contributed by atoms with Gasteiger partial charge in [-0.3, -0.25) is 4.68 Å². The summed E-state index contributed by atoms with van der Waals surface area (Å²) >= 11 is 0. The molecule has 1 heterocycles. The van der Waals surface area contributed by atoms with E-state index in [1.54, 1.807) is 18.7 Å². The highest BCUT2D eigenvalue weighted by atomic mass is 19.3. The molecule has 0 aliphatic heterocycles. The first-order chi connectivity index (χ1) is 9.97. The number of benzene rings is 1. The number of halogens is 3. The fourth-order valence-electron chi connectivity index (χ4n) is 1.90. The fourth-order valence-corrected chi connectivity index (χ4v) is 1.90. The number of nitrogens with one attached hydrogen (secondary N) is 1. The average Bonchev–Trinajstić information content (AvgIpc) is 2.81. The number of rotatable bonds is 6.